The van der Waals surface area contributed by atoms with Crippen LogP contribution in [0.1, 0.15) is 18.4 Å². The first kappa shape index (κ1) is 8.25. The zero-order chi connectivity index (χ0) is 9.60. The van der Waals surface area contributed by atoms with Gasteiger partial charge in [0.15, 0.2) is 0 Å². The summed E-state index contributed by atoms with van der Waals surface area (Å²) in [7, 11) is 0. The number of aliphatic hydroxyl groups is 1. The third kappa shape index (κ3) is 0.992. The molecule has 72 valence electrons. The second kappa shape index (κ2) is 2.71. The fraction of sp³-hybridized carbons (Fsp3) is 0.385. The van der Waals surface area contributed by atoms with Crippen LogP contribution in [0.3, 0.4) is 0 Å². The third-order valence-corrected chi connectivity index (χ3v) is 3.63. The minimum atomic E-state index is -0.583. The molecule has 0 heterocycles. The summed E-state index contributed by atoms with van der Waals surface area (Å²) in [4.78, 5) is 0. The van der Waals surface area contributed by atoms with Gasteiger partial charge in [0, 0.05) is 5.92 Å². The number of rotatable bonds is 1. The Labute approximate surface area is 84.1 Å². The van der Waals surface area contributed by atoms with Crippen molar-refractivity contribution >= 4 is 0 Å². The fourth-order valence-electron chi connectivity index (χ4n) is 2.89. The van der Waals surface area contributed by atoms with E-state index in [0.29, 0.717) is 11.8 Å². The van der Waals surface area contributed by atoms with Crippen molar-refractivity contribution in [2.24, 2.45) is 11.8 Å². The molecule has 1 saturated carbocycles. The lowest BCUT2D eigenvalue weighted by atomic mass is 9.82. The maximum absolute atomic E-state index is 10.6. The van der Waals surface area contributed by atoms with E-state index in [9.17, 15) is 5.11 Å². The normalized spacial score (nSPS) is 39.2. The van der Waals surface area contributed by atoms with Gasteiger partial charge in [-0.05, 0) is 24.3 Å². The van der Waals surface area contributed by atoms with Crippen LogP contribution < -0.4 is 0 Å². The summed E-state index contributed by atoms with van der Waals surface area (Å²) in [6, 6.07) is 10.1. The first-order valence-electron chi connectivity index (χ1n) is 5.25. The van der Waals surface area contributed by atoms with E-state index in [2.05, 4.69) is 12.2 Å². The summed E-state index contributed by atoms with van der Waals surface area (Å²) >= 11 is 0. The highest BCUT2D eigenvalue weighted by molar-refractivity contribution is 5.30. The number of hydrogen-bond donors (Lipinski definition) is 1. The van der Waals surface area contributed by atoms with Gasteiger partial charge in [0.1, 0.15) is 0 Å². The van der Waals surface area contributed by atoms with Gasteiger partial charge >= 0.3 is 0 Å². The van der Waals surface area contributed by atoms with E-state index in [1.54, 1.807) is 0 Å². The van der Waals surface area contributed by atoms with E-state index in [1.165, 1.54) is 0 Å². The number of fused-ring (bicyclic) bond motifs is 2. The van der Waals surface area contributed by atoms with Gasteiger partial charge < -0.3 is 5.11 Å². The van der Waals surface area contributed by atoms with Gasteiger partial charge in [-0.2, -0.15) is 0 Å². The summed E-state index contributed by atoms with van der Waals surface area (Å²) in [6.45, 7) is 0. The van der Waals surface area contributed by atoms with Crippen molar-refractivity contribution in [3.8, 4) is 0 Å². The van der Waals surface area contributed by atoms with Crippen LogP contribution in [0.25, 0.3) is 0 Å². The molecule has 2 aliphatic rings. The highest BCUT2D eigenvalue weighted by atomic mass is 16.3. The first-order valence-corrected chi connectivity index (χ1v) is 5.25. The van der Waals surface area contributed by atoms with Crippen LogP contribution in [0.5, 0.6) is 0 Å². The van der Waals surface area contributed by atoms with Crippen molar-refractivity contribution in [2.45, 2.75) is 18.4 Å². The Kier molecular flexibility index (Phi) is 1.59. The second-order valence-electron chi connectivity index (χ2n) is 4.48. The molecule has 1 aromatic carbocycles. The third-order valence-electron chi connectivity index (χ3n) is 3.63. The minimum absolute atomic E-state index is 0.342. The second-order valence-corrected chi connectivity index (χ2v) is 4.48. The van der Waals surface area contributed by atoms with Gasteiger partial charge in [-0.1, -0.05) is 42.5 Å². The van der Waals surface area contributed by atoms with E-state index in [4.69, 9.17) is 0 Å². The predicted molar refractivity (Wildman–Crippen MR) is 55.7 cm³/mol. The van der Waals surface area contributed by atoms with Crippen molar-refractivity contribution in [1.82, 2.24) is 0 Å². The van der Waals surface area contributed by atoms with Crippen LogP contribution in [-0.4, -0.2) is 5.11 Å². The summed E-state index contributed by atoms with van der Waals surface area (Å²) < 4.78 is 0. The van der Waals surface area contributed by atoms with E-state index >= 15 is 0 Å². The summed E-state index contributed by atoms with van der Waals surface area (Å²) in [5.41, 5.74) is 0.498. The number of hydrogen-bond acceptors (Lipinski definition) is 1. The molecule has 0 radical (unpaired) electrons. The molecule has 1 nitrogen and oxygen atoms in total. The molecular weight excluding hydrogens is 172 g/mol. The van der Waals surface area contributed by atoms with Gasteiger partial charge in [-0.3, -0.25) is 0 Å². The Morgan fingerprint density at radius 2 is 1.93 bits per heavy atom. The Morgan fingerprint density at radius 3 is 2.50 bits per heavy atom. The summed E-state index contributed by atoms with van der Waals surface area (Å²) in [5.74, 6) is 0.945. The lowest BCUT2D eigenvalue weighted by Gasteiger charge is -2.30. The highest BCUT2D eigenvalue weighted by Crippen LogP contribution is 2.51. The molecule has 3 atom stereocenters. The van der Waals surface area contributed by atoms with Crippen LogP contribution >= 0.6 is 0 Å². The molecule has 3 rings (SSSR count). The first-order chi connectivity index (χ1) is 6.79. The zero-order valence-electron chi connectivity index (χ0n) is 8.06. The van der Waals surface area contributed by atoms with Crippen molar-refractivity contribution in [3.63, 3.8) is 0 Å². The average molecular weight is 186 g/mol. The number of benzene rings is 1. The van der Waals surface area contributed by atoms with Crippen LogP contribution in [0.4, 0.5) is 0 Å². The van der Waals surface area contributed by atoms with E-state index in [1.807, 2.05) is 30.3 Å². The Morgan fingerprint density at radius 1 is 1.14 bits per heavy atom. The molecule has 2 aliphatic carbocycles. The van der Waals surface area contributed by atoms with Gasteiger partial charge in [-0.25, -0.2) is 0 Å². The monoisotopic (exact) mass is 186 g/mol. The molecular formula is C13H14O. The van der Waals surface area contributed by atoms with Gasteiger partial charge in [0.25, 0.3) is 0 Å². The van der Waals surface area contributed by atoms with Crippen LogP contribution in [0.15, 0.2) is 42.5 Å². The van der Waals surface area contributed by atoms with Gasteiger partial charge in [0.05, 0.1) is 5.60 Å². The molecule has 0 aromatic heterocycles. The molecule has 1 aromatic rings. The standard InChI is InChI=1S/C13H14O/c14-13(11-4-2-1-3-5-11)9-10-6-7-12(13)8-10/h1-7,10,12,14H,8-9H2. The SMILES string of the molecule is OC1(c2ccccc2)CC2C=CC1C2. The fourth-order valence-corrected chi connectivity index (χ4v) is 2.89. The Bertz CT molecular complexity index is 368. The van der Waals surface area contributed by atoms with Crippen LogP contribution in [0.2, 0.25) is 0 Å². The smallest absolute Gasteiger partial charge is 0.0964 e. The minimum Gasteiger partial charge on any atom is -0.385 e. The molecule has 0 aliphatic heterocycles. The molecule has 1 fully saturated rings. The molecule has 0 saturated heterocycles. The lowest BCUT2D eigenvalue weighted by molar-refractivity contribution is 0.0103. The topological polar surface area (TPSA) is 20.2 Å². The molecule has 1 heteroatoms. The summed E-state index contributed by atoms with van der Waals surface area (Å²) in [6.07, 6.45) is 6.47. The molecule has 1 N–H and O–H groups in total. The number of allylic oxidation sites excluding steroid dienone is 1. The molecule has 0 amide bonds. The van der Waals surface area contributed by atoms with Gasteiger partial charge in [0.2, 0.25) is 0 Å². The van der Waals surface area contributed by atoms with Crippen LogP contribution in [0, 0.1) is 11.8 Å². The molecule has 2 bridgehead atoms. The quantitative estimate of drug-likeness (QED) is 0.668. The maximum atomic E-state index is 10.6. The molecule has 14 heavy (non-hydrogen) atoms. The van der Waals surface area contributed by atoms with Crippen molar-refractivity contribution in [1.29, 1.82) is 0 Å². The van der Waals surface area contributed by atoms with Gasteiger partial charge in [-0.15, -0.1) is 0 Å². The largest absolute Gasteiger partial charge is 0.385 e. The molecule has 3 unspecified atom stereocenters. The van der Waals surface area contributed by atoms with Crippen molar-refractivity contribution in [2.75, 3.05) is 0 Å². The predicted octanol–water partition coefficient (Wildman–Crippen LogP) is 2.47. The Balaban J connectivity index is 2.03. The van der Waals surface area contributed by atoms with E-state index in [-0.39, 0.29) is 0 Å². The maximum Gasteiger partial charge on any atom is 0.0964 e. The van der Waals surface area contributed by atoms with E-state index < -0.39 is 5.60 Å². The highest BCUT2D eigenvalue weighted by Gasteiger charge is 2.47. The lowest BCUT2D eigenvalue weighted by Crippen LogP contribution is -2.30. The zero-order valence-corrected chi connectivity index (χ0v) is 8.06. The van der Waals surface area contributed by atoms with E-state index in [0.717, 1.165) is 18.4 Å². The van der Waals surface area contributed by atoms with Crippen molar-refractivity contribution in [3.05, 3.63) is 48.0 Å². The summed E-state index contributed by atoms with van der Waals surface area (Å²) in [5, 5.41) is 10.6. The molecule has 0 spiro atoms. The van der Waals surface area contributed by atoms with Crippen molar-refractivity contribution < 1.29 is 5.11 Å². The average Bonchev–Trinajstić information content (AvgIpc) is 2.79. The van der Waals surface area contributed by atoms with Crippen LogP contribution in [-0.2, 0) is 5.60 Å². The Hall–Kier alpha value is -1.08.